The Morgan fingerprint density at radius 1 is 1.23 bits per heavy atom. The van der Waals surface area contributed by atoms with Crippen LogP contribution in [0.1, 0.15) is 29.6 Å². The predicted octanol–water partition coefficient (Wildman–Crippen LogP) is 1.92. The van der Waals surface area contributed by atoms with Gasteiger partial charge < -0.3 is 9.84 Å². The molecule has 3 rings (SSSR count). The number of allylic oxidation sites excluding steroid dienone is 1. The van der Waals surface area contributed by atoms with E-state index in [1.165, 1.54) is 24.3 Å². The zero-order valence-corrected chi connectivity index (χ0v) is 13.0. The summed E-state index contributed by atoms with van der Waals surface area (Å²) in [6, 6.07) is 5.66. The number of hydrogen-bond acceptors (Lipinski definition) is 5. The van der Waals surface area contributed by atoms with E-state index in [-0.39, 0.29) is 16.7 Å². The Bertz CT molecular complexity index is 717. The van der Waals surface area contributed by atoms with Crippen molar-refractivity contribution in [1.29, 1.82) is 0 Å². The molecule has 0 aromatic heterocycles. The second-order valence-electron chi connectivity index (χ2n) is 6.02. The minimum absolute atomic E-state index is 0.162. The lowest BCUT2D eigenvalue weighted by atomic mass is 9.91. The molecule has 0 radical (unpaired) electrons. The van der Waals surface area contributed by atoms with Crippen LogP contribution in [-0.2, 0) is 14.6 Å². The van der Waals surface area contributed by atoms with Crippen LogP contribution in [0.4, 0.5) is 0 Å². The highest BCUT2D eigenvalue weighted by molar-refractivity contribution is 7.90. The third-order valence-electron chi connectivity index (χ3n) is 4.42. The first-order chi connectivity index (χ1) is 10.3. The Kier molecular flexibility index (Phi) is 3.82. The molecule has 118 valence electrons. The third kappa shape index (κ3) is 2.94. The van der Waals surface area contributed by atoms with E-state index in [9.17, 15) is 18.3 Å². The molecule has 1 fully saturated rings. The summed E-state index contributed by atoms with van der Waals surface area (Å²) in [4.78, 5) is 12.3. The molecule has 0 heterocycles. The first kappa shape index (κ1) is 15.2. The van der Waals surface area contributed by atoms with Crippen LogP contribution in [0.3, 0.4) is 0 Å². The fourth-order valence-corrected chi connectivity index (χ4v) is 3.78. The molecule has 1 saturated carbocycles. The lowest BCUT2D eigenvalue weighted by Crippen LogP contribution is -2.23. The van der Waals surface area contributed by atoms with E-state index in [2.05, 4.69) is 0 Å². The Balaban J connectivity index is 1.75. The molecule has 6 heteroatoms. The Morgan fingerprint density at radius 2 is 1.91 bits per heavy atom. The molecule has 3 unspecified atom stereocenters. The predicted molar refractivity (Wildman–Crippen MR) is 79.9 cm³/mol. The Morgan fingerprint density at radius 3 is 2.55 bits per heavy atom. The van der Waals surface area contributed by atoms with E-state index in [1.807, 2.05) is 0 Å². The van der Waals surface area contributed by atoms with Crippen molar-refractivity contribution in [2.75, 3.05) is 6.26 Å². The summed E-state index contributed by atoms with van der Waals surface area (Å²) in [5.74, 6) is 0.497. The van der Waals surface area contributed by atoms with Crippen LogP contribution < -0.4 is 0 Å². The lowest BCUT2D eigenvalue weighted by Gasteiger charge is -2.23. The number of rotatable bonds is 3. The quantitative estimate of drug-likeness (QED) is 0.860. The van der Waals surface area contributed by atoms with Crippen molar-refractivity contribution < 1.29 is 23.1 Å². The highest BCUT2D eigenvalue weighted by Gasteiger charge is 2.37. The minimum Gasteiger partial charge on any atom is -0.427 e. The van der Waals surface area contributed by atoms with Crippen LogP contribution in [0.25, 0.3) is 0 Å². The molecular formula is C16H18O5S. The number of esters is 1. The van der Waals surface area contributed by atoms with Crippen LogP contribution in [0, 0.1) is 11.8 Å². The lowest BCUT2D eigenvalue weighted by molar-refractivity contribution is 0.0552. The van der Waals surface area contributed by atoms with Gasteiger partial charge >= 0.3 is 5.97 Å². The van der Waals surface area contributed by atoms with Gasteiger partial charge in [0.25, 0.3) is 0 Å². The number of hydrogen-bond donors (Lipinski definition) is 1. The molecule has 2 aliphatic rings. The molecule has 5 nitrogen and oxygen atoms in total. The van der Waals surface area contributed by atoms with Crippen molar-refractivity contribution in [3.05, 3.63) is 41.7 Å². The highest BCUT2D eigenvalue weighted by Crippen LogP contribution is 2.42. The van der Waals surface area contributed by atoms with Gasteiger partial charge in [-0.25, -0.2) is 13.2 Å². The fourth-order valence-electron chi connectivity index (χ4n) is 3.15. The Labute approximate surface area is 129 Å². The van der Waals surface area contributed by atoms with Crippen molar-refractivity contribution in [2.45, 2.75) is 30.3 Å². The van der Waals surface area contributed by atoms with E-state index in [0.717, 1.165) is 25.5 Å². The van der Waals surface area contributed by atoms with Gasteiger partial charge in [0.1, 0.15) is 5.76 Å². The van der Waals surface area contributed by atoms with Gasteiger partial charge in [-0.1, -0.05) is 0 Å². The molecular weight excluding hydrogens is 304 g/mol. The maximum Gasteiger partial charge on any atom is 0.343 e. The van der Waals surface area contributed by atoms with E-state index in [1.54, 1.807) is 6.08 Å². The largest absolute Gasteiger partial charge is 0.427 e. The van der Waals surface area contributed by atoms with E-state index in [4.69, 9.17) is 4.74 Å². The summed E-state index contributed by atoms with van der Waals surface area (Å²) >= 11 is 0. The SMILES string of the molecule is CS(=O)(=O)c1ccc(C(=O)OC2=CC(O)C3CCC2C3)cc1. The zero-order valence-electron chi connectivity index (χ0n) is 12.2. The number of aliphatic hydroxyl groups is 1. The molecule has 1 aromatic carbocycles. The first-order valence-electron chi connectivity index (χ1n) is 7.26. The molecule has 0 saturated heterocycles. The van der Waals surface area contributed by atoms with Crippen LogP contribution in [0.2, 0.25) is 0 Å². The zero-order chi connectivity index (χ0) is 15.9. The molecule has 3 atom stereocenters. The molecule has 1 N–H and O–H groups in total. The Hall–Kier alpha value is -1.66. The van der Waals surface area contributed by atoms with Gasteiger partial charge in [-0.05, 0) is 55.5 Å². The molecule has 1 aromatic rings. The number of sulfone groups is 1. The van der Waals surface area contributed by atoms with Gasteiger partial charge in [0.2, 0.25) is 0 Å². The maximum absolute atomic E-state index is 12.2. The average molecular weight is 322 g/mol. The smallest absolute Gasteiger partial charge is 0.343 e. The van der Waals surface area contributed by atoms with Gasteiger partial charge in [-0.2, -0.15) is 0 Å². The number of carbonyl (C=O) groups is 1. The average Bonchev–Trinajstić information content (AvgIpc) is 2.90. The third-order valence-corrected chi connectivity index (χ3v) is 5.55. The highest BCUT2D eigenvalue weighted by atomic mass is 32.2. The van der Waals surface area contributed by atoms with Crippen molar-refractivity contribution in [3.63, 3.8) is 0 Å². The van der Waals surface area contributed by atoms with Crippen LogP contribution in [0.15, 0.2) is 41.0 Å². The normalized spacial score (nSPS) is 27.4. The standard InChI is InChI=1S/C16H18O5S/c1-22(19,20)13-6-4-10(5-7-13)16(18)21-15-9-14(17)11-2-3-12(15)8-11/h4-7,9,11-12,14,17H,2-3,8H2,1H3. The molecule has 0 aliphatic heterocycles. The number of fused-ring (bicyclic) bond motifs is 2. The minimum atomic E-state index is -3.28. The number of carbonyl (C=O) groups excluding carboxylic acids is 1. The molecule has 0 amide bonds. The van der Waals surface area contributed by atoms with Crippen molar-refractivity contribution >= 4 is 15.8 Å². The van der Waals surface area contributed by atoms with E-state index < -0.39 is 21.9 Å². The number of aliphatic hydroxyl groups excluding tert-OH is 1. The summed E-state index contributed by atoms with van der Waals surface area (Å²) in [6.45, 7) is 0. The summed E-state index contributed by atoms with van der Waals surface area (Å²) in [5, 5.41) is 9.94. The van der Waals surface area contributed by atoms with E-state index in [0.29, 0.717) is 11.3 Å². The number of ether oxygens (including phenoxy) is 1. The van der Waals surface area contributed by atoms with Gasteiger partial charge in [0.15, 0.2) is 9.84 Å². The van der Waals surface area contributed by atoms with Crippen molar-refractivity contribution in [2.24, 2.45) is 11.8 Å². The maximum atomic E-state index is 12.2. The second kappa shape index (κ2) is 5.52. The molecule has 2 bridgehead atoms. The summed E-state index contributed by atoms with van der Waals surface area (Å²) in [6.07, 6.45) is 4.93. The van der Waals surface area contributed by atoms with Crippen molar-refractivity contribution in [3.8, 4) is 0 Å². The van der Waals surface area contributed by atoms with E-state index >= 15 is 0 Å². The van der Waals surface area contributed by atoms with Crippen LogP contribution in [0.5, 0.6) is 0 Å². The second-order valence-corrected chi connectivity index (χ2v) is 8.03. The molecule has 2 aliphatic carbocycles. The van der Waals surface area contributed by atoms with Gasteiger partial charge in [-0.3, -0.25) is 0 Å². The summed E-state index contributed by atoms with van der Waals surface area (Å²) in [7, 11) is -3.28. The first-order valence-corrected chi connectivity index (χ1v) is 9.16. The van der Waals surface area contributed by atoms with Crippen molar-refractivity contribution in [1.82, 2.24) is 0 Å². The van der Waals surface area contributed by atoms with Gasteiger partial charge in [0, 0.05) is 12.2 Å². The fraction of sp³-hybridized carbons (Fsp3) is 0.438. The molecule has 22 heavy (non-hydrogen) atoms. The monoisotopic (exact) mass is 322 g/mol. The van der Waals surface area contributed by atoms with Crippen LogP contribution in [-0.4, -0.2) is 31.9 Å². The topological polar surface area (TPSA) is 80.7 Å². The molecule has 0 spiro atoms. The summed E-state index contributed by atoms with van der Waals surface area (Å²) < 4.78 is 28.2. The van der Waals surface area contributed by atoms with Gasteiger partial charge in [-0.15, -0.1) is 0 Å². The number of benzene rings is 1. The van der Waals surface area contributed by atoms with Crippen LogP contribution >= 0.6 is 0 Å². The van der Waals surface area contributed by atoms with Gasteiger partial charge in [0.05, 0.1) is 16.6 Å². The summed E-state index contributed by atoms with van der Waals surface area (Å²) in [5.41, 5.74) is 0.294.